The molecule has 1 aromatic carbocycles. The molecule has 0 spiro atoms. The minimum absolute atomic E-state index is 0.277. The molecule has 3 nitrogen and oxygen atoms in total. The maximum Gasteiger partial charge on any atom is 0.137 e. The van der Waals surface area contributed by atoms with E-state index in [1.807, 2.05) is 0 Å². The van der Waals surface area contributed by atoms with Gasteiger partial charge in [-0.15, -0.1) is 11.3 Å². The molecule has 3 rings (SSSR count). The van der Waals surface area contributed by atoms with E-state index in [9.17, 15) is 4.39 Å². The Bertz CT molecular complexity index is 641. The lowest BCUT2D eigenvalue weighted by atomic mass is 9.97. The number of hydrogen-bond donors (Lipinski definition) is 1. The Morgan fingerprint density at radius 1 is 1.48 bits per heavy atom. The van der Waals surface area contributed by atoms with E-state index in [1.165, 1.54) is 10.9 Å². The van der Waals surface area contributed by atoms with Crippen LogP contribution in [0.15, 0.2) is 18.2 Å². The SMILES string of the molecule is CCNC1CCCc2sc(-c3c(F)cccc3OC)nc21. The molecule has 2 aromatic rings. The van der Waals surface area contributed by atoms with Gasteiger partial charge in [0.2, 0.25) is 0 Å². The Kier molecular flexibility index (Phi) is 4.22. The number of halogens is 1. The third kappa shape index (κ3) is 2.68. The first-order chi connectivity index (χ1) is 10.2. The molecule has 0 fully saturated rings. The minimum Gasteiger partial charge on any atom is -0.496 e. The van der Waals surface area contributed by atoms with Crippen LogP contribution in [0.25, 0.3) is 10.6 Å². The highest BCUT2D eigenvalue weighted by Crippen LogP contribution is 2.40. The summed E-state index contributed by atoms with van der Waals surface area (Å²) < 4.78 is 19.5. The molecule has 5 heteroatoms. The molecular weight excluding hydrogens is 287 g/mol. The maximum absolute atomic E-state index is 14.2. The van der Waals surface area contributed by atoms with Gasteiger partial charge in [-0.2, -0.15) is 0 Å². The van der Waals surface area contributed by atoms with E-state index >= 15 is 0 Å². The lowest BCUT2D eigenvalue weighted by molar-refractivity contribution is 0.413. The fraction of sp³-hybridized carbons (Fsp3) is 0.438. The van der Waals surface area contributed by atoms with Gasteiger partial charge in [0.05, 0.1) is 24.4 Å². The highest BCUT2D eigenvalue weighted by Gasteiger charge is 2.26. The summed E-state index contributed by atoms with van der Waals surface area (Å²) in [6.45, 7) is 3.02. The summed E-state index contributed by atoms with van der Waals surface area (Å²) in [5.74, 6) is 0.265. The molecule has 1 unspecified atom stereocenters. The molecule has 1 N–H and O–H groups in total. The van der Waals surface area contributed by atoms with Gasteiger partial charge in [0.15, 0.2) is 0 Å². The number of benzene rings is 1. The maximum atomic E-state index is 14.2. The lowest BCUT2D eigenvalue weighted by Gasteiger charge is -2.21. The standard InChI is InChI=1S/C16H19FN2OS/c1-3-18-11-7-5-9-13-15(11)19-16(21-13)14-10(17)6-4-8-12(14)20-2/h4,6,8,11,18H,3,5,7,9H2,1-2H3. The van der Waals surface area contributed by atoms with Gasteiger partial charge in [0.1, 0.15) is 16.6 Å². The molecule has 1 aliphatic carbocycles. The summed E-state index contributed by atoms with van der Waals surface area (Å²) in [5.41, 5.74) is 1.57. The number of thiazole rings is 1. The van der Waals surface area contributed by atoms with Crippen molar-refractivity contribution in [3.63, 3.8) is 0 Å². The molecule has 0 radical (unpaired) electrons. The molecule has 112 valence electrons. The van der Waals surface area contributed by atoms with E-state index in [1.54, 1.807) is 30.6 Å². The summed E-state index contributed by atoms with van der Waals surface area (Å²) in [4.78, 5) is 6.00. The van der Waals surface area contributed by atoms with Crippen molar-refractivity contribution in [3.8, 4) is 16.3 Å². The van der Waals surface area contributed by atoms with Gasteiger partial charge in [-0.1, -0.05) is 13.0 Å². The fourth-order valence-corrected chi connectivity index (χ4v) is 4.07. The average Bonchev–Trinajstić information content (AvgIpc) is 2.91. The third-order valence-electron chi connectivity index (χ3n) is 3.81. The number of aryl methyl sites for hydroxylation is 1. The van der Waals surface area contributed by atoms with E-state index in [2.05, 4.69) is 12.2 Å². The summed E-state index contributed by atoms with van der Waals surface area (Å²) >= 11 is 1.59. The quantitative estimate of drug-likeness (QED) is 0.929. The molecular formula is C16H19FN2OS. The van der Waals surface area contributed by atoms with Gasteiger partial charge in [-0.25, -0.2) is 9.37 Å². The van der Waals surface area contributed by atoms with Crippen molar-refractivity contribution in [3.05, 3.63) is 34.6 Å². The number of hydrogen-bond acceptors (Lipinski definition) is 4. The molecule has 21 heavy (non-hydrogen) atoms. The number of nitrogens with zero attached hydrogens (tertiary/aromatic N) is 1. The number of methoxy groups -OCH3 is 1. The van der Waals surface area contributed by atoms with Gasteiger partial charge in [-0.3, -0.25) is 0 Å². The van der Waals surface area contributed by atoms with Crippen molar-refractivity contribution in [1.29, 1.82) is 0 Å². The normalized spacial score (nSPS) is 17.6. The Labute approximate surface area is 128 Å². The van der Waals surface area contributed by atoms with Gasteiger partial charge >= 0.3 is 0 Å². The van der Waals surface area contributed by atoms with Crippen LogP contribution in [-0.4, -0.2) is 18.6 Å². The Hall–Kier alpha value is -1.46. The predicted octanol–water partition coefficient (Wildman–Crippen LogP) is 3.94. The largest absolute Gasteiger partial charge is 0.496 e. The van der Waals surface area contributed by atoms with Crippen LogP contribution in [0.4, 0.5) is 4.39 Å². The van der Waals surface area contributed by atoms with E-state index in [-0.39, 0.29) is 5.82 Å². The Morgan fingerprint density at radius 2 is 2.33 bits per heavy atom. The molecule has 0 saturated heterocycles. The Morgan fingerprint density at radius 3 is 3.10 bits per heavy atom. The first kappa shape index (κ1) is 14.5. The third-order valence-corrected chi connectivity index (χ3v) is 4.96. The highest BCUT2D eigenvalue weighted by molar-refractivity contribution is 7.15. The first-order valence-corrected chi connectivity index (χ1v) is 8.12. The van der Waals surface area contributed by atoms with Gasteiger partial charge in [-0.05, 0) is 37.9 Å². The number of aromatic nitrogens is 1. The molecule has 1 atom stereocenters. The van der Waals surface area contributed by atoms with Gasteiger partial charge < -0.3 is 10.1 Å². The summed E-state index contributed by atoms with van der Waals surface area (Å²) in [5, 5.41) is 4.19. The monoisotopic (exact) mass is 306 g/mol. The van der Waals surface area contributed by atoms with E-state index < -0.39 is 0 Å². The topological polar surface area (TPSA) is 34.1 Å². The number of rotatable bonds is 4. The van der Waals surface area contributed by atoms with E-state index in [0.717, 1.165) is 36.5 Å². The van der Waals surface area contributed by atoms with Crippen LogP contribution in [0.3, 0.4) is 0 Å². The van der Waals surface area contributed by atoms with Gasteiger partial charge in [0, 0.05) is 4.88 Å². The predicted molar refractivity (Wildman–Crippen MR) is 83.4 cm³/mol. The molecule has 1 aliphatic rings. The molecule has 0 amide bonds. The van der Waals surface area contributed by atoms with Crippen LogP contribution >= 0.6 is 11.3 Å². The zero-order valence-electron chi connectivity index (χ0n) is 12.3. The molecule has 0 bridgehead atoms. The van der Waals surface area contributed by atoms with Crippen molar-refractivity contribution in [2.45, 2.75) is 32.2 Å². The van der Waals surface area contributed by atoms with Crippen LogP contribution in [0.2, 0.25) is 0 Å². The second kappa shape index (κ2) is 6.12. The van der Waals surface area contributed by atoms with Crippen molar-refractivity contribution < 1.29 is 9.13 Å². The molecule has 1 aromatic heterocycles. The Balaban J connectivity index is 2.06. The highest BCUT2D eigenvalue weighted by atomic mass is 32.1. The van der Waals surface area contributed by atoms with E-state index in [0.29, 0.717) is 17.4 Å². The second-order valence-electron chi connectivity index (χ2n) is 5.15. The van der Waals surface area contributed by atoms with Crippen LogP contribution in [0, 0.1) is 5.82 Å². The second-order valence-corrected chi connectivity index (χ2v) is 6.23. The van der Waals surface area contributed by atoms with Crippen LogP contribution in [0.5, 0.6) is 5.75 Å². The number of fused-ring (bicyclic) bond motifs is 1. The zero-order valence-corrected chi connectivity index (χ0v) is 13.1. The van der Waals surface area contributed by atoms with Crippen LogP contribution in [0.1, 0.15) is 36.4 Å². The smallest absolute Gasteiger partial charge is 0.137 e. The van der Waals surface area contributed by atoms with Crippen molar-refractivity contribution >= 4 is 11.3 Å². The van der Waals surface area contributed by atoms with E-state index in [4.69, 9.17) is 9.72 Å². The first-order valence-electron chi connectivity index (χ1n) is 7.30. The van der Waals surface area contributed by atoms with Crippen molar-refractivity contribution in [1.82, 2.24) is 10.3 Å². The lowest BCUT2D eigenvalue weighted by Crippen LogP contribution is -2.24. The van der Waals surface area contributed by atoms with Crippen molar-refractivity contribution in [2.24, 2.45) is 0 Å². The average molecular weight is 306 g/mol. The number of ether oxygens (including phenoxy) is 1. The summed E-state index contributed by atoms with van der Waals surface area (Å²) in [6, 6.07) is 5.19. The summed E-state index contributed by atoms with van der Waals surface area (Å²) in [6.07, 6.45) is 3.28. The minimum atomic E-state index is -0.277. The molecule has 1 heterocycles. The molecule has 0 saturated carbocycles. The molecule has 0 aliphatic heterocycles. The van der Waals surface area contributed by atoms with Gasteiger partial charge in [0.25, 0.3) is 0 Å². The zero-order chi connectivity index (χ0) is 14.8. The summed E-state index contributed by atoms with van der Waals surface area (Å²) in [7, 11) is 1.56. The van der Waals surface area contributed by atoms with Crippen LogP contribution < -0.4 is 10.1 Å². The van der Waals surface area contributed by atoms with Crippen molar-refractivity contribution in [2.75, 3.05) is 13.7 Å². The fourth-order valence-electron chi connectivity index (χ4n) is 2.85. The van der Waals surface area contributed by atoms with Crippen LogP contribution in [-0.2, 0) is 6.42 Å². The number of nitrogens with one attached hydrogen (secondary N) is 1.